The van der Waals surface area contributed by atoms with Crippen molar-refractivity contribution < 1.29 is 4.79 Å². The molecule has 3 aromatic carbocycles. The molecular formula is C20H16O. The maximum Gasteiger partial charge on any atom is 0.193 e. The fourth-order valence-electron chi connectivity index (χ4n) is 2.54. The molecule has 0 spiro atoms. The van der Waals surface area contributed by atoms with Gasteiger partial charge in [-0.1, -0.05) is 78.9 Å². The lowest BCUT2D eigenvalue weighted by Crippen LogP contribution is -2.03. The normalized spacial score (nSPS) is 10.3. The topological polar surface area (TPSA) is 17.1 Å². The molecule has 0 aliphatic heterocycles. The SMILES string of the molecule is Cc1ccccc1-c1ccccc1C(=O)c1ccccc1. The number of aryl methyl sites for hydroxylation is 1. The van der Waals surface area contributed by atoms with Crippen LogP contribution in [-0.4, -0.2) is 5.78 Å². The molecule has 0 amide bonds. The molecule has 0 aromatic heterocycles. The van der Waals surface area contributed by atoms with Crippen LogP contribution in [0.3, 0.4) is 0 Å². The van der Waals surface area contributed by atoms with Gasteiger partial charge in [-0.05, 0) is 23.6 Å². The number of ketones is 1. The molecule has 3 rings (SSSR count). The second kappa shape index (κ2) is 5.76. The summed E-state index contributed by atoms with van der Waals surface area (Å²) >= 11 is 0. The van der Waals surface area contributed by atoms with Gasteiger partial charge < -0.3 is 0 Å². The highest BCUT2D eigenvalue weighted by atomic mass is 16.1. The van der Waals surface area contributed by atoms with Gasteiger partial charge in [-0.25, -0.2) is 0 Å². The third-order valence-corrected chi connectivity index (χ3v) is 3.64. The van der Waals surface area contributed by atoms with Gasteiger partial charge in [0.15, 0.2) is 5.78 Å². The summed E-state index contributed by atoms with van der Waals surface area (Å²) < 4.78 is 0. The van der Waals surface area contributed by atoms with Gasteiger partial charge in [0, 0.05) is 11.1 Å². The Morgan fingerprint density at radius 2 is 1.24 bits per heavy atom. The first kappa shape index (κ1) is 13.3. The predicted octanol–water partition coefficient (Wildman–Crippen LogP) is 4.89. The summed E-state index contributed by atoms with van der Waals surface area (Å²) in [5.41, 5.74) is 4.74. The first-order chi connectivity index (χ1) is 10.3. The number of hydrogen-bond acceptors (Lipinski definition) is 1. The lowest BCUT2D eigenvalue weighted by atomic mass is 9.92. The van der Waals surface area contributed by atoms with Crippen molar-refractivity contribution in [1.29, 1.82) is 0 Å². The third-order valence-electron chi connectivity index (χ3n) is 3.64. The highest BCUT2D eigenvalue weighted by Crippen LogP contribution is 2.28. The fourth-order valence-corrected chi connectivity index (χ4v) is 2.54. The van der Waals surface area contributed by atoms with Crippen LogP contribution in [0.5, 0.6) is 0 Å². The largest absolute Gasteiger partial charge is 0.289 e. The fraction of sp³-hybridized carbons (Fsp3) is 0.0500. The van der Waals surface area contributed by atoms with Gasteiger partial charge >= 0.3 is 0 Å². The van der Waals surface area contributed by atoms with Crippen LogP contribution in [-0.2, 0) is 0 Å². The average molecular weight is 272 g/mol. The molecule has 0 atom stereocenters. The van der Waals surface area contributed by atoms with Crippen LogP contribution in [0.25, 0.3) is 11.1 Å². The molecule has 1 heteroatoms. The Hall–Kier alpha value is -2.67. The van der Waals surface area contributed by atoms with Gasteiger partial charge in [-0.2, -0.15) is 0 Å². The maximum atomic E-state index is 12.8. The predicted molar refractivity (Wildman–Crippen MR) is 86.5 cm³/mol. The molecule has 0 aliphatic carbocycles. The summed E-state index contributed by atoms with van der Waals surface area (Å²) in [6.45, 7) is 2.07. The zero-order chi connectivity index (χ0) is 14.7. The summed E-state index contributed by atoms with van der Waals surface area (Å²) in [6.07, 6.45) is 0. The number of carbonyl (C=O) groups excluding carboxylic acids is 1. The smallest absolute Gasteiger partial charge is 0.193 e. The highest BCUT2D eigenvalue weighted by molar-refractivity contribution is 6.12. The van der Waals surface area contributed by atoms with E-state index in [2.05, 4.69) is 19.1 Å². The van der Waals surface area contributed by atoms with Crippen molar-refractivity contribution in [3.05, 3.63) is 95.6 Å². The summed E-state index contributed by atoms with van der Waals surface area (Å²) in [6, 6.07) is 25.4. The molecule has 3 aromatic rings. The Kier molecular flexibility index (Phi) is 3.65. The van der Waals surface area contributed by atoms with Crippen LogP contribution in [0.1, 0.15) is 21.5 Å². The molecule has 1 nitrogen and oxygen atoms in total. The number of rotatable bonds is 3. The van der Waals surface area contributed by atoms with E-state index in [1.54, 1.807) is 0 Å². The van der Waals surface area contributed by atoms with Crippen LogP contribution in [0.4, 0.5) is 0 Å². The number of carbonyl (C=O) groups is 1. The molecule has 0 heterocycles. The van der Waals surface area contributed by atoms with Crippen molar-refractivity contribution in [3.63, 3.8) is 0 Å². The van der Waals surface area contributed by atoms with E-state index in [0.29, 0.717) is 0 Å². The van der Waals surface area contributed by atoms with E-state index in [0.717, 1.165) is 22.3 Å². The Morgan fingerprint density at radius 1 is 0.667 bits per heavy atom. The van der Waals surface area contributed by atoms with Crippen molar-refractivity contribution in [2.45, 2.75) is 6.92 Å². The molecular weight excluding hydrogens is 256 g/mol. The first-order valence-electron chi connectivity index (χ1n) is 7.02. The molecule has 0 radical (unpaired) electrons. The standard InChI is InChI=1S/C20H16O/c1-15-9-5-6-12-17(15)18-13-7-8-14-19(18)20(21)16-10-3-2-4-11-16/h2-14H,1H3. The quantitative estimate of drug-likeness (QED) is 0.620. The zero-order valence-electron chi connectivity index (χ0n) is 11.9. The summed E-state index contributed by atoms with van der Waals surface area (Å²) in [5, 5.41) is 0. The van der Waals surface area contributed by atoms with Gasteiger partial charge in [0.05, 0.1) is 0 Å². The van der Waals surface area contributed by atoms with E-state index in [1.807, 2.05) is 66.7 Å². The van der Waals surface area contributed by atoms with Crippen molar-refractivity contribution in [2.24, 2.45) is 0 Å². The zero-order valence-corrected chi connectivity index (χ0v) is 11.9. The Balaban J connectivity index is 2.13. The second-order valence-corrected chi connectivity index (χ2v) is 5.06. The molecule has 0 fully saturated rings. The van der Waals surface area contributed by atoms with Crippen LogP contribution in [0.2, 0.25) is 0 Å². The van der Waals surface area contributed by atoms with Crippen molar-refractivity contribution in [1.82, 2.24) is 0 Å². The van der Waals surface area contributed by atoms with Gasteiger partial charge in [-0.3, -0.25) is 4.79 Å². The van der Waals surface area contributed by atoms with E-state index in [1.165, 1.54) is 5.56 Å². The number of benzene rings is 3. The first-order valence-corrected chi connectivity index (χ1v) is 7.02. The molecule has 0 saturated heterocycles. The summed E-state index contributed by atoms with van der Waals surface area (Å²) in [7, 11) is 0. The van der Waals surface area contributed by atoms with Crippen LogP contribution >= 0.6 is 0 Å². The van der Waals surface area contributed by atoms with Crippen molar-refractivity contribution >= 4 is 5.78 Å². The summed E-state index contributed by atoms with van der Waals surface area (Å²) in [5.74, 6) is 0.0643. The molecule has 0 saturated carbocycles. The van der Waals surface area contributed by atoms with Crippen molar-refractivity contribution in [3.8, 4) is 11.1 Å². The Labute approximate surface area is 124 Å². The van der Waals surface area contributed by atoms with Gasteiger partial charge in [0.2, 0.25) is 0 Å². The third kappa shape index (κ3) is 2.63. The lowest BCUT2D eigenvalue weighted by Gasteiger charge is -2.11. The Morgan fingerprint density at radius 3 is 1.95 bits per heavy atom. The molecule has 0 unspecified atom stereocenters. The van der Waals surface area contributed by atoms with E-state index in [9.17, 15) is 4.79 Å². The van der Waals surface area contributed by atoms with E-state index < -0.39 is 0 Å². The van der Waals surface area contributed by atoms with Gasteiger partial charge in [0.25, 0.3) is 0 Å². The van der Waals surface area contributed by atoms with E-state index in [4.69, 9.17) is 0 Å². The number of hydrogen-bond donors (Lipinski definition) is 0. The second-order valence-electron chi connectivity index (χ2n) is 5.06. The van der Waals surface area contributed by atoms with E-state index in [-0.39, 0.29) is 5.78 Å². The maximum absolute atomic E-state index is 12.8. The van der Waals surface area contributed by atoms with Gasteiger partial charge in [0.1, 0.15) is 0 Å². The lowest BCUT2D eigenvalue weighted by molar-refractivity contribution is 0.103. The average Bonchev–Trinajstić information content (AvgIpc) is 2.55. The molecule has 21 heavy (non-hydrogen) atoms. The van der Waals surface area contributed by atoms with Crippen LogP contribution in [0, 0.1) is 6.92 Å². The Bertz CT molecular complexity index is 773. The minimum Gasteiger partial charge on any atom is -0.289 e. The molecule has 0 bridgehead atoms. The minimum absolute atomic E-state index is 0.0643. The molecule has 0 aliphatic rings. The van der Waals surface area contributed by atoms with Crippen molar-refractivity contribution in [2.75, 3.05) is 0 Å². The van der Waals surface area contributed by atoms with Crippen LogP contribution < -0.4 is 0 Å². The highest BCUT2D eigenvalue weighted by Gasteiger charge is 2.14. The minimum atomic E-state index is 0.0643. The van der Waals surface area contributed by atoms with Crippen LogP contribution in [0.15, 0.2) is 78.9 Å². The van der Waals surface area contributed by atoms with E-state index >= 15 is 0 Å². The molecule has 0 N–H and O–H groups in total. The van der Waals surface area contributed by atoms with Gasteiger partial charge in [-0.15, -0.1) is 0 Å². The molecule has 102 valence electrons. The summed E-state index contributed by atoms with van der Waals surface area (Å²) in [4.78, 5) is 12.8. The monoisotopic (exact) mass is 272 g/mol.